The molecule has 0 aliphatic carbocycles. The summed E-state index contributed by atoms with van der Waals surface area (Å²) in [5.41, 5.74) is 4.61. The van der Waals surface area contributed by atoms with E-state index in [1.54, 1.807) is 36.7 Å². The van der Waals surface area contributed by atoms with Crippen LogP contribution in [0.15, 0.2) is 101 Å². The summed E-state index contributed by atoms with van der Waals surface area (Å²) in [5.74, 6) is 0.766. The number of aromatic nitrogens is 6. The Morgan fingerprint density at radius 3 is 2.42 bits per heavy atom. The van der Waals surface area contributed by atoms with Crippen LogP contribution in [0.1, 0.15) is 48.5 Å². The number of hydrogen-bond acceptors (Lipinski definition) is 15. The normalized spacial score (nSPS) is 19.3. The average Bonchev–Trinajstić information content (AvgIpc) is 3.40. The Kier molecular flexibility index (Phi) is 14.2. The van der Waals surface area contributed by atoms with Crippen molar-refractivity contribution >= 4 is 34.2 Å². The lowest BCUT2D eigenvalue weighted by molar-refractivity contribution is -0.141. The Labute approximate surface area is 415 Å². The first-order valence-electron chi connectivity index (χ1n) is 24.6. The molecule has 1 unspecified atom stereocenters. The predicted octanol–water partition coefficient (Wildman–Crippen LogP) is 3.42. The number of rotatable bonds is 13. The SMILES string of the molecule is Cc1nn(C2CCC(=O)NC2=O)c(=O)c2ccc(N3CCN(C[C@@H]4CN(C(=O)CN5CCC(COc6cnc(-c7cccc(Cn8nc(-c9cccc(C#N)c9)ccc8=O)c7)nc6)CC5)CCO4)CC3)cc12. The Morgan fingerprint density at radius 2 is 1.62 bits per heavy atom. The summed E-state index contributed by atoms with van der Waals surface area (Å²) in [4.78, 5) is 82.0. The third-order valence-electron chi connectivity index (χ3n) is 14.1. The summed E-state index contributed by atoms with van der Waals surface area (Å²) >= 11 is 0. The lowest BCUT2D eigenvalue weighted by atomic mass is 9.98. The Hall–Kier alpha value is -7.66. The largest absolute Gasteiger partial charge is 0.490 e. The molecule has 0 bridgehead atoms. The van der Waals surface area contributed by atoms with E-state index < -0.39 is 11.9 Å². The molecule has 0 radical (unpaired) electrons. The van der Waals surface area contributed by atoms with E-state index in [1.165, 1.54) is 15.4 Å². The molecule has 72 heavy (non-hydrogen) atoms. The maximum atomic E-state index is 13.6. The topological polar surface area (TPSA) is 214 Å². The minimum absolute atomic E-state index is 0.0678. The van der Waals surface area contributed by atoms with Gasteiger partial charge < -0.3 is 19.3 Å². The molecule has 10 rings (SSSR count). The van der Waals surface area contributed by atoms with Gasteiger partial charge in [0.05, 0.1) is 73.2 Å². The van der Waals surface area contributed by atoms with E-state index in [0.717, 1.165) is 86.4 Å². The van der Waals surface area contributed by atoms with E-state index >= 15 is 0 Å². The minimum Gasteiger partial charge on any atom is -0.490 e. The van der Waals surface area contributed by atoms with Crippen LogP contribution in [0, 0.1) is 24.2 Å². The van der Waals surface area contributed by atoms with Gasteiger partial charge in [0.1, 0.15) is 6.04 Å². The van der Waals surface area contributed by atoms with Crippen LogP contribution in [0.3, 0.4) is 0 Å². The molecule has 4 fully saturated rings. The average molecular weight is 973 g/mol. The molecule has 4 saturated heterocycles. The van der Waals surface area contributed by atoms with E-state index in [0.29, 0.717) is 72.7 Å². The summed E-state index contributed by atoms with van der Waals surface area (Å²) in [6.07, 6.45) is 5.55. The molecular formula is C53H56N12O7. The van der Waals surface area contributed by atoms with Crippen LogP contribution in [-0.4, -0.2) is 147 Å². The number of morpholine rings is 1. The summed E-state index contributed by atoms with van der Waals surface area (Å²) in [7, 11) is 0. The highest BCUT2D eigenvalue weighted by Crippen LogP contribution is 2.27. The monoisotopic (exact) mass is 972 g/mol. The third kappa shape index (κ3) is 11.0. The van der Waals surface area contributed by atoms with E-state index in [4.69, 9.17) is 9.47 Å². The fourth-order valence-electron chi connectivity index (χ4n) is 10.1. The summed E-state index contributed by atoms with van der Waals surface area (Å²) in [6, 6.07) is 25.1. The van der Waals surface area contributed by atoms with Gasteiger partial charge in [0.15, 0.2) is 11.6 Å². The smallest absolute Gasteiger partial charge is 0.275 e. The molecule has 3 aromatic carbocycles. The van der Waals surface area contributed by atoms with Gasteiger partial charge in [-0.3, -0.25) is 39.1 Å². The molecule has 0 saturated carbocycles. The second-order valence-corrected chi connectivity index (χ2v) is 19.0. The Balaban J connectivity index is 0.647. The van der Waals surface area contributed by atoms with Crippen molar-refractivity contribution in [2.75, 3.05) is 83.6 Å². The number of likely N-dealkylation sites (tertiary alicyclic amines) is 1. The number of hydrogen-bond donors (Lipinski definition) is 1. The van der Waals surface area contributed by atoms with Crippen LogP contribution in [0.4, 0.5) is 5.69 Å². The Bertz CT molecular complexity index is 3150. The lowest BCUT2D eigenvalue weighted by Crippen LogP contribution is -2.54. The van der Waals surface area contributed by atoms with Gasteiger partial charge in [-0.15, -0.1) is 0 Å². The molecule has 19 heteroatoms. The zero-order chi connectivity index (χ0) is 49.7. The van der Waals surface area contributed by atoms with Crippen molar-refractivity contribution in [2.45, 2.75) is 51.3 Å². The van der Waals surface area contributed by atoms with E-state index in [2.05, 4.69) is 46.3 Å². The predicted molar refractivity (Wildman–Crippen MR) is 267 cm³/mol. The van der Waals surface area contributed by atoms with Gasteiger partial charge in [-0.25, -0.2) is 19.3 Å². The summed E-state index contributed by atoms with van der Waals surface area (Å²) in [6.45, 7) is 10.3. The number of nitriles is 1. The first-order valence-corrected chi connectivity index (χ1v) is 24.6. The molecule has 0 spiro atoms. The van der Waals surface area contributed by atoms with E-state index in [1.807, 2.05) is 60.4 Å². The van der Waals surface area contributed by atoms with Gasteiger partial charge in [0.2, 0.25) is 11.8 Å². The molecule has 6 aromatic rings. The second-order valence-electron chi connectivity index (χ2n) is 19.0. The zero-order valence-electron chi connectivity index (χ0n) is 40.2. The summed E-state index contributed by atoms with van der Waals surface area (Å²) < 4.78 is 14.9. The van der Waals surface area contributed by atoms with Crippen molar-refractivity contribution in [2.24, 2.45) is 5.92 Å². The fourth-order valence-corrected chi connectivity index (χ4v) is 10.1. The molecule has 3 amide bonds. The number of ether oxygens (including phenoxy) is 2. The van der Waals surface area contributed by atoms with Gasteiger partial charge >= 0.3 is 0 Å². The number of piperazine rings is 1. The number of amides is 3. The highest BCUT2D eigenvalue weighted by atomic mass is 16.5. The number of nitrogens with zero attached hydrogens (tertiary/aromatic N) is 11. The second kappa shape index (κ2) is 21.4. The molecule has 370 valence electrons. The number of piperidine rings is 2. The van der Waals surface area contributed by atoms with E-state index in [9.17, 15) is 29.2 Å². The van der Waals surface area contributed by atoms with Crippen LogP contribution in [0.2, 0.25) is 0 Å². The van der Waals surface area contributed by atoms with Crippen LogP contribution in [0.25, 0.3) is 33.4 Å². The lowest BCUT2D eigenvalue weighted by Gasteiger charge is -2.40. The van der Waals surface area contributed by atoms with Crippen molar-refractivity contribution in [1.82, 2.24) is 49.5 Å². The molecule has 19 nitrogen and oxygen atoms in total. The third-order valence-corrected chi connectivity index (χ3v) is 14.1. The molecule has 7 heterocycles. The van der Waals surface area contributed by atoms with Crippen molar-refractivity contribution in [3.05, 3.63) is 129 Å². The molecular weight excluding hydrogens is 917 g/mol. The maximum Gasteiger partial charge on any atom is 0.275 e. The number of anilines is 1. The molecule has 3 aromatic heterocycles. The number of carbonyl (C=O) groups excluding carboxylic acids is 3. The van der Waals surface area contributed by atoms with Crippen LogP contribution >= 0.6 is 0 Å². The summed E-state index contributed by atoms with van der Waals surface area (Å²) in [5, 5.41) is 21.9. The van der Waals surface area contributed by atoms with Crippen LogP contribution < -0.4 is 26.1 Å². The number of imide groups is 1. The zero-order valence-corrected chi connectivity index (χ0v) is 40.2. The number of fused-ring (bicyclic) bond motifs is 1. The van der Waals surface area contributed by atoms with Gasteiger partial charge in [-0.2, -0.15) is 15.5 Å². The quantitative estimate of drug-likeness (QED) is 0.164. The minimum atomic E-state index is -0.810. The Morgan fingerprint density at radius 1 is 0.833 bits per heavy atom. The van der Waals surface area contributed by atoms with Crippen LogP contribution in [0.5, 0.6) is 5.75 Å². The molecule has 4 aliphatic heterocycles. The maximum absolute atomic E-state index is 13.6. The first-order chi connectivity index (χ1) is 35.0. The van der Waals surface area contributed by atoms with Crippen molar-refractivity contribution in [3.63, 3.8) is 0 Å². The first kappa shape index (κ1) is 48.0. The fraction of sp³-hybridized carbons (Fsp3) is 0.396. The van der Waals surface area contributed by atoms with E-state index in [-0.39, 0.29) is 48.4 Å². The van der Waals surface area contributed by atoms with Gasteiger partial charge in [-0.05, 0) is 93.2 Å². The van der Waals surface area contributed by atoms with Crippen molar-refractivity contribution in [3.8, 4) is 34.5 Å². The number of aryl methyl sites for hydroxylation is 1. The number of nitrogens with one attached hydrogen (secondary N) is 1. The van der Waals surface area contributed by atoms with Crippen molar-refractivity contribution in [1.29, 1.82) is 5.26 Å². The van der Waals surface area contributed by atoms with Gasteiger partial charge in [0, 0.05) is 80.5 Å². The number of benzene rings is 3. The highest BCUT2D eigenvalue weighted by Gasteiger charge is 2.32. The van der Waals surface area contributed by atoms with Crippen molar-refractivity contribution < 1.29 is 23.9 Å². The van der Waals surface area contributed by atoms with Gasteiger partial charge in [0.25, 0.3) is 17.0 Å². The molecule has 1 N–H and O–H groups in total. The molecule has 2 atom stereocenters. The highest BCUT2D eigenvalue weighted by molar-refractivity contribution is 5.99. The van der Waals surface area contributed by atoms with Gasteiger partial charge in [-0.1, -0.05) is 30.3 Å². The number of carbonyl (C=O) groups is 3. The molecule has 4 aliphatic rings. The standard InChI is InChI=1S/C53H56N12O7/c1-35-45-26-41(8-9-44(45)53(70)65(58-35)47-11-12-48(66)57-52(47)69)62-20-18-61(19-21-62)31-43-32-63(22-23-71-43)50(68)33-60-16-14-36(15-17-60)34-72-42-28-55-51(56-29-42)40-7-3-5-38(25-40)30-64-49(67)13-10-46(59-64)39-6-2-4-37(24-39)27-54/h2-10,13,24-26,28-29,36,43,47H,11-12,14-23,30-34H2,1H3,(H,57,66,69)/t43-,47?/m1/s1. The van der Waals surface area contributed by atoms with Crippen LogP contribution in [-0.2, 0) is 25.7 Å².